The van der Waals surface area contributed by atoms with Crippen LogP contribution in [0.5, 0.6) is 5.75 Å². The number of nitro groups is 1. The van der Waals surface area contributed by atoms with E-state index < -0.39 is 22.5 Å². The molecule has 30 heavy (non-hydrogen) atoms. The summed E-state index contributed by atoms with van der Waals surface area (Å²) < 4.78 is 33.2. The van der Waals surface area contributed by atoms with Crippen LogP contribution in [0.25, 0.3) is 0 Å². The van der Waals surface area contributed by atoms with Crippen LogP contribution in [-0.2, 0) is 11.4 Å². The van der Waals surface area contributed by atoms with Crippen molar-refractivity contribution in [2.24, 2.45) is 0 Å². The topological polar surface area (TPSA) is 138 Å². The molecule has 1 aromatic heterocycles. The Morgan fingerprint density at radius 1 is 1.23 bits per heavy atom. The maximum atomic E-state index is 13.7. The minimum atomic E-state index is -0.804. The predicted octanol–water partition coefficient (Wildman–Crippen LogP) is 2.49. The third-order valence-corrected chi connectivity index (χ3v) is 4.63. The largest absolute Gasteiger partial charge is 0.486 e. The first-order chi connectivity index (χ1) is 14.3. The van der Waals surface area contributed by atoms with E-state index in [-0.39, 0.29) is 34.7 Å². The van der Waals surface area contributed by atoms with Crippen LogP contribution in [0.3, 0.4) is 0 Å². The molecule has 0 spiro atoms. The van der Waals surface area contributed by atoms with E-state index in [0.29, 0.717) is 5.75 Å². The first-order valence-electron chi connectivity index (χ1n) is 8.28. The number of thioether (sulfide) groups is 1. The number of hydrogen-bond donors (Lipinski definition) is 2. The van der Waals surface area contributed by atoms with Crippen molar-refractivity contribution < 1.29 is 23.2 Å². The number of nitrogens with two attached hydrogens (primary N) is 1. The first kappa shape index (κ1) is 21.0. The second kappa shape index (κ2) is 9.17. The van der Waals surface area contributed by atoms with Crippen molar-refractivity contribution in [1.82, 2.24) is 14.9 Å². The fraction of sp³-hybridized carbons (Fsp3) is 0.118. The lowest BCUT2D eigenvalue weighted by molar-refractivity contribution is -0.384. The number of anilines is 1. The summed E-state index contributed by atoms with van der Waals surface area (Å²) in [6, 6.07) is 8.18. The van der Waals surface area contributed by atoms with Crippen molar-refractivity contribution in [1.29, 1.82) is 0 Å². The van der Waals surface area contributed by atoms with Crippen molar-refractivity contribution in [3.8, 4) is 5.75 Å². The molecule has 0 unspecified atom stereocenters. The summed E-state index contributed by atoms with van der Waals surface area (Å²) in [5.41, 5.74) is -0.663. The normalized spacial score (nSPS) is 10.6. The number of carbonyl (C=O) groups excluding carboxylic acids is 1. The molecule has 0 radical (unpaired) electrons. The molecule has 0 saturated heterocycles. The average molecular weight is 436 g/mol. The molecule has 3 aromatic rings. The molecule has 0 aliphatic carbocycles. The summed E-state index contributed by atoms with van der Waals surface area (Å²) in [6.45, 7) is -0.0409. The standard InChI is InChI=1S/C17H14F2N6O4S/c18-10-1-4-12(5-2-10)29-8-15-22-23-17(24(15)20)30-9-16(26)21-14-7-11(25(27)28)3-6-13(14)19/h1-7H,8-9,20H2,(H,21,26). The van der Waals surface area contributed by atoms with Crippen molar-refractivity contribution >= 4 is 29.0 Å². The lowest BCUT2D eigenvalue weighted by atomic mass is 10.2. The molecule has 0 fully saturated rings. The molecule has 2 aromatic carbocycles. The van der Waals surface area contributed by atoms with Gasteiger partial charge >= 0.3 is 0 Å². The second-order valence-electron chi connectivity index (χ2n) is 5.77. The van der Waals surface area contributed by atoms with Crippen LogP contribution in [0.1, 0.15) is 5.82 Å². The molecular weight excluding hydrogens is 422 g/mol. The number of hydrogen-bond acceptors (Lipinski definition) is 8. The zero-order valence-corrected chi connectivity index (χ0v) is 15.9. The molecule has 1 heterocycles. The van der Waals surface area contributed by atoms with Crippen molar-refractivity contribution in [2.75, 3.05) is 16.9 Å². The quantitative estimate of drug-likeness (QED) is 0.238. The Bertz CT molecular complexity index is 1080. The number of nitrogens with zero attached hydrogens (tertiary/aromatic N) is 4. The van der Waals surface area contributed by atoms with Gasteiger partial charge in [-0.25, -0.2) is 13.5 Å². The molecule has 3 N–H and O–H groups in total. The van der Waals surface area contributed by atoms with E-state index in [1.165, 1.54) is 24.3 Å². The fourth-order valence-corrected chi connectivity index (χ4v) is 2.90. The molecule has 0 bridgehead atoms. The molecule has 0 aliphatic rings. The summed E-state index contributed by atoms with van der Waals surface area (Å²) in [5, 5.41) is 20.9. The Morgan fingerprint density at radius 2 is 1.97 bits per heavy atom. The fourth-order valence-electron chi connectivity index (χ4n) is 2.22. The van der Waals surface area contributed by atoms with Gasteiger partial charge in [0.1, 0.15) is 24.0 Å². The van der Waals surface area contributed by atoms with Crippen LogP contribution in [0.15, 0.2) is 47.6 Å². The molecule has 13 heteroatoms. The minimum Gasteiger partial charge on any atom is -0.486 e. The van der Waals surface area contributed by atoms with E-state index in [1.807, 2.05) is 0 Å². The number of carbonyl (C=O) groups is 1. The van der Waals surface area contributed by atoms with Crippen molar-refractivity contribution in [2.45, 2.75) is 11.8 Å². The molecule has 10 nitrogen and oxygen atoms in total. The van der Waals surface area contributed by atoms with Gasteiger partial charge in [0, 0.05) is 12.1 Å². The van der Waals surface area contributed by atoms with Gasteiger partial charge in [0.05, 0.1) is 16.4 Å². The highest BCUT2D eigenvalue weighted by atomic mass is 32.2. The number of nitrogens with one attached hydrogen (secondary N) is 1. The average Bonchev–Trinajstić information content (AvgIpc) is 3.07. The smallest absolute Gasteiger partial charge is 0.271 e. The lowest BCUT2D eigenvalue weighted by Gasteiger charge is -2.07. The van der Waals surface area contributed by atoms with E-state index in [9.17, 15) is 23.7 Å². The minimum absolute atomic E-state index is 0.0409. The van der Waals surface area contributed by atoms with Gasteiger partial charge in [-0.15, -0.1) is 10.2 Å². The molecule has 156 valence electrons. The van der Waals surface area contributed by atoms with E-state index in [1.54, 1.807) is 0 Å². The highest BCUT2D eigenvalue weighted by Gasteiger charge is 2.16. The van der Waals surface area contributed by atoms with E-state index in [4.69, 9.17) is 10.6 Å². The first-order valence-corrected chi connectivity index (χ1v) is 9.26. The van der Waals surface area contributed by atoms with E-state index in [0.717, 1.165) is 34.6 Å². The number of rotatable bonds is 8. The SMILES string of the molecule is Nn1c(COc2ccc(F)cc2)nnc1SCC(=O)Nc1cc([N+](=O)[O-])ccc1F. The summed E-state index contributed by atoms with van der Waals surface area (Å²) in [4.78, 5) is 22.1. The van der Waals surface area contributed by atoms with Gasteiger partial charge < -0.3 is 15.9 Å². The summed E-state index contributed by atoms with van der Waals surface area (Å²) >= 11 is 0.926. The van der Waals surface area contributed by atoms with E-state index >= 15 is 0 Å². The third-order valence-electron chi connectivity index (χ3n) is 3.68. The Kier molecular flexibility index (Phi) is 6.41. The molecule has 3 rings (SSSR count). The van der Waals surface area contributed by atoms with Gasteiger partial charge in [-0.2, -0.15) is 0 Å². The Morgan fingerprint density at radius 3 is 2.67 bits per heavy atom. The van der Waals surface area contributed by atoms with Crippen LogP contribution in [0.2, 0.25) is 0 Å². The van der Waals surface area contributed by atoms with Gasteiger partial charge in [-0.1, -0.05) is 11.8 Å². The maximum absolute atomic E-state index is 13.7. The Hall–Kier alpha value is -3.74. The Labute approximate surface area is 172 Å². The van der Waals surface area contributed by atoms with Gasteiger partial charge in [0.25, 0.3) is 5.69 Å². The van der Waals surface area contributed by atoms with Crippen molar-refractivity contribution in [3.63, 3.8) is 0 Å². The monoisotopic (exact) mass is 436 g/mol. The highest BCUT2D eigenvalue weighted by molar-refractivity contribution is 7.99. The number of halogens is 2. The van der Waals surface area contributed by atoms with Crippen molar-refractivity contribution in [3.05, 3.63) is 70.0 Å². The van der Waals surface area contributed by atoms with Crippen LogP contribution in [0.4, 0.5) is 20.2 Å². The summed E-state index contributed by atoms with van der Waals surface area (Å²) in [6.07, 6.45) is 0. The van der Waals surface area contributed by atoms with Gasteiger partial charge in [0.15, 0.2) is 5.82 Å². The van der Waals surface area contributed by atoms with Gasteiger partial charge in [0.2, 0.25) is 11.1 Å². The van der Waals surface area contributed by atoms with Gasteiger partial charge in [-0.3, -0.25) is 14.9 Å². The van der Waals surface area contributed by atoms with Gasteiger partial charge in [-0.05, 0) is 30.3 Å². The maximum Gasteiger partial charge on any atom is 0.271 e. The number of nitrogen functional groups attached to an aromatic ring is 1. The molecule has 1 amide bonds. The highest BCUT2D eigenvalue weighted by Crippen LogP contribution is 2.22. The molecule has 0 aliphatic heterocycles. The van der Waals surface area contributed by atoms with E-state index in [2.05, 4.69) is 15.5 Å². The predicted molar refractivity (Wildman–Crippen MR) is 103 cm³/mol. The van der Waals surface area contributed by atoms with Crippen LogP contribution in [-0.4, -0.2) is 31.5 Å². The summed E-state index contributed by atoms with van der Waals surface area (Å²) in [5.74, 6) is 4.52. The lowest BCUT2D eigenvalue weighted by Crippen LogP contribution is -2.18. The van der Waals surface area contributed by atoms with Crippen LogP contribution >= 0.6 is 11.8 Å². The number of benzene rings is 2. The number of aromatic nitrogens is 3. The zero-order chi connectivity index (χ0) is 21.7. The zero-order valence-electron chi connectivity index (χ0n) is 15.1. The van der Waals surface area contributed by atoms with Crippen LogP contribution < -0.4 is 15.9 Å². The third kappa shape index (κ3) is 5.20. The molecular formula is C17H14F2N6O4S. The number of ether oxygens (including phenoxy) is 1. The summed E-state index contributed by atoms with van der Waals surface area (Å²) in [7, 11) is 0. The Balaban J connectivity index is 1.56. The van der Waals surface area contributed by atoms with Crippen LogP contribution in [0, 0.1) is 21.7 Å². The second-order valence-corrected chi connectivity index (χ2v) is 6.71. The molecule has 0 atom stereocenters. The number of amides is 1. The molecule has 0 saturated carbocycles. The number of non-ortho nitro benzene ring substituents is 1. The number of nitro benzene ring substituents is 1.